The summed E-state index contributed by atoms with van der Waals surface area (Å²) >= 11 is 10.7. The Bertz CT molecular complexity index is 914. The Morgan fingerprint density at radius 3 is 2.61 bits per heavy atom. The average Bonchev–Trinajstić information content (AvgIpc) is 2.94. The van der Waals surface area contributed by atoms with E-state index in [9.17, 15) is 9.59 Å². The Labute approximate surface area is 182 Å². The van der Waals surface area contributed by atoms with Crippen molar-refractivity contribution in [1.82, 2.24) is 4.90 Å². The van der Waals surface area contributed by atoms with Crippen molar-refractivity contribution in [2.24, 2.45) is 0 Å². The molecule has 1 aliphatic rings. The van der Waals surface area contributed by atoms with Gasteiger partial charge in [-0.15, -0.1) is 0 Å². The number of unbranched alkanes of at least 4 members (excludes halogenated alkanes) is 1. The van der Waals surface area contributed by atoms with Gasteiger partial charge in [-0.25, -0.2) is 0 Å². The van der Waals surface area contributed by atoms with Gasteiger partial charge in [-0.2, -0.15) is 0 Å². The molecule has 146 valence electrons. The van der Waals surface area contributed by atoms with Crippen molar-refractivity contribution in [3.05, 3.63) is 68.0 Å². The van der Waals surface area contributed by atoms with E-state index in [-0.39, 0.29) is 11.1 Å². The fourth-order valence-corrected chi connectivity index (χ4v) is 4.00. The summed E-state index contributed by atoms with van der Waals surface area (Å²) in [6.07, 6.45) is 3.43. The highest BCUT2D eigenvalue weighted by Crippen LogP contribution is 2.34. The summed E-state index contributed by atoms with van der Waals surface area (Å²) in [5.74, 6) is 0.327. The van der Waals surface area contributed by atoms with Crippen LogP contribution in [0.5, 0.6) is 5.75 Å². The van der Waals surface area contributed by atoms with Crippen LogP contribution < -0.4 is 4.74 Å². The molecule has 1 heterocycles. The second-order valence-corrected chi connectivity index (χ2v) is 8.61. The standard InChI is InChI=1S/C21H19BrClNO3S/c1-2-3-10-24-20(25)19(28-21(24)26)12-15-6-9-18(17(23)11-15)27-13-14-4-7-16(22)8-5-14/h4-9,11-12H,2-3,10,13H2,1H3/b19-12-. The SMILES string of the molecule is CCCCN1C(=O)S/C(=C\c2ccc(OCc3ccc(Br)cc3)c(Cl)c2)C1=O. The third kappa shape index (κ3) is 5.19. The molecule has 0 radical (unpaired) electrons. The lowest BCUT2D eigenvalue weighted by atomic mass is 10.2. The molecular weight excluding hydrogens is 462 g/mol. The highest BCUT2D eigenvalue weighted by atomic mass is 79.9. The summed E-state index contributed by atoms with van der Waals surface area (Å²) in [6, 6.07) is 13.2. The van der Waals surface area contributed by atoms with Gasteiger partial charge in [-0.1, -0.05) is 59.1 Å². The van der Waals surface area contributed by atoms with Crippen molar-refractivity contribution in [1.29, 1.82) is 0 Å². The third-order valence-electron chi connectivity index (χ3n) is 4.17. The van der Waals surface area contributed by atoms with E-state index in [1.807, 2.05) is 37.3 Å². The number of imide groups is 1. The lowest BCUT2D eigenvalue weighted by Crippen LogP contribution is -2.29. The molecule has 0 bridgehead atoms. The molecule has 0 atom stereocenters. The first-order valence-electron chi connectivity index (χ1n) is 8.90. The number of carbonyl (C=O) groups excluding carboxylic acids is 2. The van der Waals surface area contributed by atoms with E-state index in [2.05, 4.69) is 15.9 Å². The number of ether oxygens (including phenoxy) is 1. The Hall–Kier alpha value is -1.76. The van der Waals surface area contributed by atoms with Crippen LogP contribution in [-0.2, 0) is 11.4 Å². The normalized spacial score (nSPS) is 15.5. The number of hydrogen-bond acceptors (Lipinski definition) is 4. The zero-order valence-electron chi connectivity index (χ0n) is 15.3. The minimum Gasteiger partial charge on any atom is -0.487 e. The molecule has 2 aromatic carbocycles. The third-order valence-corrected chi connectivity index (χ3v) is 5.90. The summed E-state index contributed by atoms with van der Waals surface area (Å²) in [7, 11) is 0. The highest BCUT2D eigenvalue weighted by molar-refractivity contribution is 9.10. The largest absolute Gasteiger partial charge is 0.487 e. The number of halogens is 2. The second kappa shape index (κ2) is 9.63. The van der Waals surface area contributed by atoms with E-state index < -0.39 is 0 Å². The van der Waals surface area contributed by atoms with Gasteiger partial charge in [-0.3, -0.25) is 14.5 Å². The van der Waals surface area contributed by atoms with Crippen LogP contribution in [0.25, 0.3) is 6.08 Å². The molecule has 28 heavy (non-hydrogen) atoms. The van der Waals surface area contributed by atoms with Crippen molar-refractivity contribution in [2.75, 3.05) is 6.54 Å². The van der Waals surface area contributed by atoms with Crippen LogP contribution in [-0.4, -0.2) is 22.6 Å². The Morgan fingerprint density at radius 2 is 1.93 bits per heavy atom. The first-order valence-corrected chi connectivity index (χ1v) is 10.9. The summed E-state index contributed by atoms with van der Waals surface area (Å²) in [5, 5.41) is 0.237. The van der Waals surface area contributed by atoms with Crippen LogP contribution in [0.1, 0.15) is 30.9 Å². The number of carbonyl (C=O) groups is 2. The van der Waals surface area contributed by atoms with Crippen LogP contribution in [0.4, 0.5) is 4.79 Å². The van der Waals surface area contributed by atoms with Crippen molar-refractivity contribution in [2.45, 2.75) is 26.4 Å². The smallest absolute Gasteiger partial charge is 0.293 e. The molecule has 0 aliphatic carbocycles. The van der Waals surface area contributed by atoms with E-state index in [0.717, 1.165) is 40.2 Å². The van der Waals surface area contributed by atoms with Crippen molar-refractivity contribution in [3.8, 4) is 5.75 Å². The molecule has 7 heteroatoms. The topological polar surface area (TPSA) is 46.6 Å². The molecule has 1 aliphatic heterocycles. The van der Waals surface area contributed by atoms with E-state index in [1.165, 1.54) is 4.90 Å². The average molecular weight is 481 g/mol. The molecule has 3 rings (SSSR count). The van der Waals surface area contributed by atoms with Gasteiger partial charge in [0.05, 0.1) is 9.93 Å². The summed E-state index contributed by atoms with van der Waals surface area (Å²) in [6.45, 7) is 2.89. The molecule has 1 saturated heterocycles. The molecule has 0 N–H and O–H groups in total. The first-order chi connectivity index (χ1) is 13.5. The van der Waals surface area contributed by atoms with Crippen molar-refractivity contribution < 1.29 is 14.3 Å². The first kappa shape index (κ1) is 21.0. The molecule has 0 saturated carbocycles. The minimum atomic E-state index is -0.241. The maximum Gasteiger partial charge on any atom is 0.293 e. The van der Waals surface area contributed by atoms with Gasteiger partial charge in [-0.05, 0) is 59.7 Å². The van der Waals surface area contributed by atoms with Gasteiger partial charge >= 0.3 is 0 Å². The molecular formula is C21H19BrClNO3S. The number of benzene rings is 2. The zero-order chi connectivity index (χ0) is 20.1. The zero-order valence-corrected chi connectivity index (χ0v) is 18.4. The summed E-state index contributed by atoms with van der Waals surface area (Å²) < 4.78 is 6.80. The van der Waals surface area contributed by atoms with E-state index in [0.29, 0.717) is 28.8 Å². The van der Waals surface area contributed by atoms with Gasteiger partial charge in [0.15, 0.2) is 0 Å². The van der Waals surface area contributed by atoms with Gasteiger partial charge in [0.1, 0.15) is 12.4 Å². The fraction of sp³-hybridized carbons (Fsp3) is 0.238. The van der Waals surface area contributed by atoms with E-state index in [4.69, 9.17) is 16.3 Å². The van der Waals surface area contributed by atoms with Crippen LogP contribution in [0.15, 0.2) is 51.8 Å². The molecule has 4 nitrogen and oxygen atoms in total. The number of nitrogens with zero attached hydrogens (tertiary/aromatic N) is 1. The van der Waals surface area contributed by atoms with E-state index >= 15 is 0 Å². The van der Waals surface area contributed by atoms with Gasteiger partial charge in [0.2, 0.25) is 0 Å². The predicted octanol–water partition coefficient (Wildman–Crippen LogP) is 6.52. The minimum absolute atomic E-state index is 0.217. The Morgan fingerprint density at radius 1 is 1.18 bits per heavy atom. The van der Waals surface area contributed by atoms with Crippen LogP contribution >= 0.6 is 39.3 Å². The van der Waals surface area contributed by atoms with Crippen LogP contribution in [0.3, 0.4) is 0 Å². The van der Waals surface area contributed by atoms with E-state index in [1.54, 1.807) is 18.2 Å². The van der Waals surface area contributed by atoms with Gasteiger partial charge < -0.3 is 4.74 Å². The summed E-state index contributed by atoms with van der Waals surface area (Å²) in [4.78, 5) is 26.2. The molecule has 1 fully saturated rings. The molecule has 2 amide bonds. The monoisotopic (exact) mass is 479 g/mol. The van der Waals surface area contributed by atoms with Gasteiger partial charge in [0.25, 0.3) is 11.1 Å². The van der Waals surface area contributed by atoms with Crippen molar-refractivity contribution in [3.63, 3.8) is 0 Å². The number of hydrogen-bond donors (Lipinski definition) is 0. The maximum atomic E-state index is 12.4. The molecule has 0 aromatic heterocycles. The summed E-state index contributed by atoms with van der Waals surface area (Å²) in [5.41, 5.74) is 1.78. The number of amides is 2. The maximum absolute atomic E-state index is 12.4. The van der Waals surface area contributed by atoms with Crippen LogP contribution in [0.2, 0.25) is 5.02 Å². The highest BCUT2D eigenvalue weighted by Gasteiger charge is 2.34. The lowest BCUT2D eigenvalue weighted by Gasteiger charge is -2.11. The predicted molar refractivity (Wildman–Crippen MR) is 118 cm³/mol. The lowest BCUT2D eigenvalue weighted by molar-refractivity contribution is -0.122. The number of thioether (sulfide) groups is 1. The van der Waals surface area contributed by atoms with Crippen molar-refractivity contribution >= 4 is 56.5 Å². The quantitative estimate of drug-likeness (QED) is 0.423. The second-order valence-electron chi connectivity index (χ2n) is 6.29. The molecule has 0 spiro atoms. The molecule has 0 unspecified atom stereocenters. The Balaban J connectivity index is 1.68. The number of rotatable bonds is 7. The fourth-order valence-electron chi connectivity index (χ4n) is 2.63. The molecule has 2 aromatic rings. The Kier molecular flexibility index (Phi) is 7.21. The van der Waals surface area contributed by atoms with Gasteiger partial charge in [0, 0.05) is 11.0 Å². The van der Waals surface area contributed by atoms with Crippen LogP contribution in [0, 0.1) is 0 Å².